The molecule has 196 valence electrons. The Morgan fingerprint density at radius 1 is 1.33 bits per heavy atom. The van der Waals surface area contributed by atoms with E-state index >= 15 is 0 Å². The third-order valence-electron chi connectivity index (χ3n) is 6.04. The van der Waals surface area contributed by atoms with Gasteiger partial charge in [-0.15, -0.1) is 0 Å². The zero-order valence-corrected chi connectivity index (χ0v) is 21.5. The number of rotatable bonds is 10. The zero-order chi connectivity index (χ0) is 26.2. The maximum atomic E-state index is 13.4. The van der Waals surface area contributed by atoms with Crippen molar-refractivity contribution in [3.8, 4) is 0 Å². The Bertz CT molecular complexity index is 1110. The quantitative estimate of drug-likeness (QED) is 0.369. The van der Waals surface area contributed by atoms with Gasteiger partial charge in [0.25, 0.3) is 0 Å². The molecule has 0 aliphatic carbocycles. The maximum absolute atomic E-state index is 13.4. The van der Waals surface area contributed by atoms with Gasteiger partial charge in [-0.1, -0.05) is 13.3 Å². The van der Waals surface area contributed by atoms with Gasteiger partial charge in [-0.05, 0) is 38.3 Å². The van der Waals surface area contributed by atoms with Gasteiger partial charge >= 0.3 is 12.0 Å². The third-order valence-corrected chi connectivity index (χ3v) is 6.04. The molecule has 0 saturated carbocycles. The van der Waals surface area contributed by atoms with Crippen LogP contribution in [0, 0.1) is 5.41 Å². The first-order valence-corrected chi connectivity index (χ1v) is 12.1. The number of allylic oxidation sites excluding steroid dienone is 1. The number of amides is 2. The van der Waals surface area contributed by atoms with E-state index in [4.69, 9.17) is 29.1 Å². The number of ether oxygens (including phenoxy) is 2. The highest BCUT2D eigenvalue weighted by molar-refractivity contribution is 6.11. The smallest absolute Gasteiger partial charge is 0.414 e. The first-order valence-electron chi connectivity index (χ1n) is 12.1. The summed E-state index contributed by atoms with van der Waals surface area (Å²) in [6, 6.07) is 3.07. The normalized spacial score (nSPS) is 18.1. The van der Waals surface area contributed by atoms with Gasteiger partial charge in [0.1, 0.15) is 11.2 Å². The van der Waals surface area contributed by atoms with Crippen LogP contribution in [-0.2, 0) is 14.3 Å². The number of hydroxylamine groups is 2. The molecule has 0 unspecified atom stereocenters. The molecule has 11 heteroatoms. The van der Waals surface area contributed by atoms with Gasteiger partial charge in [-0.3, -0.25) is 14.5 Å². The zero-order valence-electron chi connectivity index (χ0n) is 21.5. The Balaban J connectivity index is 2.26. The van der Waals surface area contributed by atoms with Crippen molar-refractivity contribution in [3.05, 3.63) is 29.8 Å². The van der Waals surface area contributed by atoms with Gasteiger partial charge in [-0.2, -0.15) is 0 Å². The molecule has 3 rings (SSSR count). The number of anilines is 1. The summed E-state index contributed by atoms with van der Waals surface area (Å²) in [5, 5.41) is 11.7. The number of fused-ring (bicyclic) bond motifs is 1. The monoisotopic (exact) mass is 501 g/mol. The molecule has 0 spiro atoms. The largest absolute Gasteiger partial charge is 0.449 e. The van der Waals surface area contributed by atoms with Crippen molar-refractivity contribution in [3.63, 3.8) is 0 Å². The molecular weight excluding hydrogens is 466 g/mol. The van der Waals surface area contributed by atoms with Crippen molar-refractivity contribution in [2.75, 3.05) is 39.3 Å². The number of aromatic nitrogens is 1. The van der Waals surface area contributed by atoms with Crippen molar-refractivity contribution in [2.24, 2.45) is 0 Å². The fraction of sp³-hybridized carbons (Fsp3) is 0.520. The molecule has 3 heterocycles. The van der Waals surface area contributed by atoms with E-state index in [1.165, 1.54) is 25.3 Å². The molecule has 1 aliphatic heterocycles. The first kappa shape index (κ1) is 27.2. The van der Waals surface area contributed by atoms with Gasteiger partial charge in [0, 0.05) is 44.7 Å². The molecule has 0 radical (unpaired) electrons. The Morgan fingerprint density at radius 2 is 2.11 bits per heavy atom. The van der Waals surface area contributed by atoms with E-state index in [0.29, 0.717) is 41.8 Å². The molecule has 0 bridgehead atoms. The van der Waals surface area contributed by atoms with Gasteiger partial charge in [0.05, 0.1) is 25.5 Å². The summed E-state index contributed by atoms with van der Waals surface area (Å²) in [7, 11) is 4.55. The van der Waals surface area contributed by atoms with Crippen LogP contribution in [0.4, 0.5) is 10.5 Å². The van der Waals surface area contributed by atoms with Crippen LogP contribution in [0.2, 0.25) is 0 Å². The minimum absolute atomic E-state index is 0.0174. The summed E-state index contributed by atoms with van der Waals surface area (Å²) in [4.78, 5) is 38.0. The number of nitrogens with one attached hydrogen (secondary N) is 2. The highest BCUT2D eigenvalue weighted by Gasteiger charge is 2.38. The lowest BCUT2D eigenvalue weighted by Gasteiger charge is -2.36. The summed E-state index contributed by atoms with van der Waals surface area (Å²) < 4.78 is 17.3. The molecule has 2 N–H and O–H groups in total. The lowest BCUT2D eigenvalue weighted by atomic mass is 9.98. The Hall–Kier alpha value is -3.44. The summed E-state index contributed by atoms with van der Waals surface area (Å²) in [6.45, 7) is 4.45. The Kier molecular flexibility index (Phi) is 9.43. The second-order valence-corrected chi connectivity index (χ2v) is 8.37. The minimum Gasteiger partial charge on any atom is -0.449 e. The SMILES string of the molecule is CCC[C@H]1C[C@@H](N(C(=O)OCC)c2c(C(=O)N(C)OC)oc3ccc(/C(C=N)=C/NC)nc23)CCO1. The molecule has 2 aromatic heterocycles. The van der Waals surface area contributed by atoms with Crippen molar-refractivity contribution in [1.29, 1.82) is 5.41 Å². The Labute approximate surface area is 210 Å². The van der Waals surface area contributed by atoms with Crippen molar-refractivity contribution in [1.82, 2.24) is 15.4 Å². The van der Waals surface area contributed by atoms with Gasteiger partial charge in [-0.25, -0.2) is 14.8 Å². The third kappa shape index (κ3) is 5.68. The number of hydrogen-bond acceptors (Lipinski definition) is 9. The Morgan fingerprint density at radius 3 is 2.75 bits per heavy atom. The van der Waals surface area contributed by atoms with E-state index < -0.39 is 12.0 Å². The number of carbonyl (C=O) groups is 2. The maximum Gasteiger partial charge on any atom is 0.414 e. The second kappa shape index (κ2) is 12.5. The molecule has 1 aliphatic rings. The van der Waals surface area contributed by atoms with Crippen LogP contribution in [0.15, 0.2) is 22.7 Å². The molecule has 36 heavy (non-hydrogen) atoms. The van der Waals surface area contributed by atoms with E-state index in [1.807, 2.05) is 0 Å². The fourth-order valence-corrected chi connectivity index (χ4v) is 4.30. The van der Waals surface area contributed by atoms with Gasteiger partial charge in [0.2, 0.25) is 5.76 Å². The van der Waals surface area contributed by atoms with Gasteiger partial charge < -0.3 is 24.6 Å². The predicted molar refractivity (Wildman–Crippen MR) is 136 cm³/mol. The van der Waals surface area contributed by atoms with Crippen LogP contribution in [0.1, 0.15) is 55.8 Å². The van der Waals surface area contributed by atoms with Crippen LogP contribution in [0.3, 0.4) is 0 Å². The van der Waals surface area contributed by atoms with Crippen molar-refractivity contribution < 1.29 is 28.3 Å². The molecule has 1 fully saturated rings. The molecule has 2 aromatic rings. The summed E-state index contributed by atoms with van der Waals surface area (Å²) >= 11 is 0. The summed E-state index contributed by atoms with van der Waals surface area (Å²) in [5.41, 5.74) is 1.85. The van der Waals surface area contributed by atoms with E-state index in [9.17, 15) is 9.59 Å². The van der Waals surface area contributed by atoms with Gasteiger partial charge in [0.15, 0.2) is 5.58 Å². The second-order valence-electron chi connectivity index (χ2n) is 8.37. The lowest BCUT2D eigenvalue weighted by Crippen LogP contribution is -2.47. The molecule has 0 aromatic carbocycles. The number of pyridine rings is 1. The lowest BCUT2D eigenvalue weighted by molar-refractivity contribution is -0.0772. The summed E-state index contributed by atoms with van der Waals surface area (Å²) in [6.07, 6.45) is 5.15. The standard InChI is InChI=1S/C25H35N5O6/c1-6-8-18-13-17(11-12-35-18)30(25(32)34-7-2)22-21-20(36-23(22)24(31)29(4)33-5)10-9-19(28-21)16(14-26)15-27-3/h9-10,14-15,17-18,26-27H,6-8,11-13H2,1-5H3/b16-15+,26-14?/t17-,18-/m0/s1. The van der Waals surface area contributed by atoms with Crippen molar-refractivity contribution >= 4 is 40.6 Å². The number of hydrogen-bond donors (Lipinski definition) is 2. The highest BCUT2D eigenvalue weighted by Crippen LogP contribution is 2.38. The average Bonchev–Trinajstić information content (AvgIpc) is 3.25. The van der Waals surface area contributed by atoms with Crippen LogP contribution in [0.5, 0.6) is 0 Å². The average molecular weight is 502 g/mol. The van der Waals surface area contributed by atoms with Crippen LogP contribution >= 0.6 is 0 Å². The van der Waals surface area contributed by atoms with E-state index in [1.54, 1.807) is 32.3 Å². The van der Waals surface area contributed by atoms with E-state index in [0.717, 1.165) is 17.9 Å². The highest BCUT2D eigenvalue weighted by atomic mass is 16.7. The molecule has 2 amide bonds. The van der Waals surface area contributed by atoms with Crippen LogP contribution in [0.25, 0.3) is 16.7 Å². The first-order chi connectivity index (χ1) is 17.4. The van der Waals surface area contributed by atoms with Crippen LogP contribution in [-0.4, -0.2) is 74.8 Å². The van der Waals surface area contributed by atoms with E-state index in [2.05, 4.69) is 12.2 Å². The van der Waals surface area contributed by atoms with E-state index in [-0.39, 0.29) is 30.2 Å². The predicted octanol–water partition coefficient (Wildman–Crippen LogP) is 3.98. The van der Waals surface area contributed by atoms with Crippen LogP contribution < -0.4 is 10.2 Å². The number of nitrogens with zero attached hydrogens (tertiary/aromatic N) is 3. The molecular formula is C25H35N5O6. The van der Waals surface area contributed by atoms with Crippen molar-refractivity contribution in [2.45, 2.75) is 51.7 Å². The minimum atomic E-state index is -0.596. The summed E-state index contributed by atoms with van der Waals surface area (Å²) in [5.74, 6) is -0.656. The fourth-order valence-electron chi connectivity index (χ4n) is 4.30. The molecule has 1 saturated heterocycles. The number of carbonyl (C=O) groups excluding carboxylic acids is 2. The molecule has 2 atom stereocenters. The topological polar surface area (TPSA) is 130 Å². The molecule has 11 nitrogen and oxygen atoms in total. The number of furan rings is 1.